The first-order valence-corrected chi connectivity index (χ1v) is 8.24. The number of halogens is 3. The van der Waals surface area contributed by atoms with E-state index in [0.29, 0.717) is 29.7 Å². The first kappa shape index (κ1) is 16.8. The summed E-state index contributed by atoms with van der Waals surface area (Å²) in [5.74, 6) is 0.315. The monoisotopic (exact) mass is 364 g/mol. The number of alkyl halides is 3. The number of aromatic nitrogens is 2. The van der Waals surface area contributed by atoms with E-state index in [2.05, 4.69) is 5.10 Å². The van der Waals surface area contributed by atoms with Gasteiger partial charge in [0.2, 0.25) is 5.58 Å². The zero-order valence-electron chi connectivity index (χ0n) is 13.6. The Labute approximate surface area is 146 Å². The highest BCUT2D eigenvalue weighted by Crippen LogP contribution is 2.32. The third-order valence-corrected chi connectivity index (χ3v) is 4.41. The van der Waals surface area contributed by atoms with Crippen LogP contribution in [0.5, 0.6) is 0 Å². The van der Waals surface area contributed by atoms with E-state index >= 15 is 0 Å². The lowest BCUT2D eigenvalue weighted by molar-refractivity contribution is -0.137. The molecule has 0 radical (unpaired) electrons. The van der Waals surface area contributed by atoms with Crippen LogP contribution in [0.1, 0.15) is 31.1 Å². The Hall–Kier alpha value is -2.61. The molecule has 4 rings (SSSR count). The summed E-state index contributed by atoms with van der Waals surface area (Å²) in [6.07, 6.45) is -0.709. The van der Waals surface area contributed by atoms with Gasteiger partial charge in [-0.3, -0.25) is 4.79 Å². The molecule has 0 N–H and O–H groups in total. The average molecular weight is 364 g/mol. The molecule has 2 aromatic heterocycles. The zero-order valence-corrected chi connectivity index (χ0v) is 13.6. The van der Waals surface area contributed by atoms with E-state index in [0.717, 1.165) is 25.0 Å². The number of nitrogens with zero attached hydrogens (tertiary/aromatic N) is 2. The van der Waals surface area contributed by atoms with Crippen LogP contribution in [0.3, 0.4) is 0 Å². The fraction of sp³-hybridized carbons (Fsp3) is 0.333. The average Bonchev–Trinajstić information content (AvgIpc) is 3.07. The van der Waals surface area contributed by atoms with Gasteiger partial charge in [-0.25, -0.2) is 0 Å². The number of ether oxygens (including phenoxy) is 1. The molecular weight excluding hydrogens is 349 g/mol. The maximum absolute atomic E-state index is 12.7. The molecule has 1 unspecified atom stereocenters. The molecule has 0 aliphatic carbocycles. The molecule has 136 valence electrons. The van der Waals surface area contributed by atoms with Crippen molar-refractivity contribution >= 4 is 11.0 Å². The predicted octanol–water partition coefficient (Wildman–Crippen LogP) is 4.37. The third kappa shape index (κ3) is 3.01. The molecule has 8 heteroatoms. The summed E-state index contributed by atoms with van der Waals surface area (Å²) in [7, 11) is 0. The van der Waals surface area contributed by atoms with Crippen molar-refractivity contribution in [1.29, 1.82) is 0 Å². The molecule has 3 aromatic rings. The molecule has 0 amide bonds. The highest BCUT2D eigenvalue weighted by molar-refractivity contribution is 5.81. The SMILES string of the molecule is O=c1c2oc(-c3ccc(C(F)(F)F)cc3)cc2cnn1C1CCCCO1. The summed E-state index contributed by atoms with van der Waals surface area (Å²) in [6.45, 7) is 0.575. The topological polar surface area (TPSA) is 57.3 Å². The van der Waals surface area contributed by atoms with Crippen LogP contribution in [0.15, 0.2) is 45.7 Å². The summed E-state index contributed by atoms with van der Waals surface area (Å²) in [4.78, 5) is 12.6. The van der Waals surface area contributed by atoms with Crippen molar-refractivity contribution < 1.29 is 22.3 Å². The number of furan rings is 1. The Bertz CT molecular complexity index is 984. The van der Waals surface area contributed by atoms with E-state index in [1.165, 1.54) is 23.0 Å². The highest BCUT2D eigenvalue weighted by Gasteiger charge is 2.30. The third-order valence-electron chi connectivity index (χ3n) is 4.41. The molecule has 0 spiro atoms. The van der Waals surface area contributed by atoms with E-state index in [1.807, 2.05) is 0 Å². The number of rotatable bonds is 2. The second kappa shape index (κ2) is 6.28. The quantitative estimate of drug-likeness (QED) is 0.677. The summed E-state index contributed by atoms with van der Waals surface area (Å²) in [5.41, 5.74) is -0.582. The Morgan fingerprint density at radius 2 is 1.92 bits per heavy atom. The van der Waals surface area contributed by atoms with Gasteiger partial charge in [-0.2, -0.15) is 23.0 Å². The number of benzene rings is 1. The molecule has 1 aliphatic heterocycles. The van der Waals surface area contributed by atoms with Crippen LogP contribution in [0.2, 0.25) is 0 Å². The lowest BCUT2D eigenvalue weighted by atomic mass is 10.1. The Morgan fingerprint density at radius 3 is 2.58 bits per heavy atom. The fourth-order valence-electron chi connectivity index (χ4n) is 3.04. The van der Waals surface area contributed by atoms with Gasteiger partial charge in [0.1, 0.15) is 5.76 Å². The summed E-state index contributed by atoms with van der Waals surface area (Å²) < 4.78 is 50.5. The van der Waals surface area contributed by atoms with Gasteiger partial charge >= 0.3 is 11.7 Å². The van der Waals surface area contributed by atoms with Gasteiger partial charge in [0.25, 0.3) is 0 Å². The molecular formula is C18H15F3N2O3. The molecule has 26 heavy (non-hydrogen) atoms. The summed E-state index contributed by atoms with van der Waals surface area (Å²) in [6, 6.07) is 6.19. The van der Waals surface area contributed by atoms with Crippen LogP contribution in [0.4, 0.5) is 13.2 Å². The second-order valence-electron chi connectivity index (χ2n) is 6.19. The number of hydrogen-bond acceptors (Lipinski definition) is 4. The van der Waals surface area contributed by atoms with Crippen LogP contribution in [-0.4, -0.2) is 16.4 Å². The highest BCUT2D eigenvalue weighted by atomic mass is 19.4. The van der Waals surface area contributed by atoms with E-state index in [-0.39, 0.29) is 5.58 Å². The molecule has 3 heterocycles. The minimum absolute atomic E-state index is 0.115. The molecule has 1 aromatic carbocycles. The number of hydrogen-bond donors (Lipinski definition) is 0. The van der Waals surface area contributed by atoms with E-state index < -0.39 is 23.5 Å². The van der Waals surface area contributed by atoms with Crippen molar-refractivity contribution in [2.45, 2.75) is 31.7 Å². The van der Waals surface area contributed by atoms with E-state index in [1.54, 1.807) is 6.07 Å². The van der Waals surface area contributed by atoms with Gasteiger partial charge in [0.05, 0.1) is 11.8 Å². The van der Waals surface area contributed by atoms with Gasteiger partial charge < -0.3 is 9.15 Å². The van der Waals surface area contributed by atoms with Gasteiger partial charge in [0, 0.05) is 17.6 Å². The smallest absolute Gasteiger partial charge is 0.416 e. The van der Waals surface area contributed by atoms with Crippen LogP contribution < -0.4 is 5.56 Å². The van der Waals surface area contributed by atoms with Crippen LogP contribution >= 0.6 is 0 Å². The van der Waals surface area contributed by atoms with Gasteiger partial charge in [0.15, 0.2) is 6.23 Å². The lowest BCUT2D eigenvalue weighted by Gasteiger charge is -2.22. The molecule has 5 nitrogen and oxygen atoms in total. The number of fused-ring (bicyclic) bond motifs is 1. The maximum atomic E-state index is 12.7. The largest absolute Gasteiger partial charge is 0.450 e. The Kier molecular flexibility index (Phi) is 4.07. The standard InChI is InChI=1S/C18H15F3N2O3/c19-18(20,21)13-6-4-11(5-7-13)14-9-12-10-22-23(17(24)16(12)26-14)15-3-1-2-8-25-15/h4-7,9-10,15H,1-3,8H2. The van der Waals surface area contributed by atoms with E-state index in [4.69, 9.17) is 9.15 Å². The molecule has 0 bridgehead atoms. The lowest BCUT2D eigenvalue weighted by Crippen LogP contribution is -2.30. The minimum Gasteiger partial charge on any atom is -0.450 e. The molecule has 1 aliphatic rings. The molecule has 1 saturated heterocycles. The molecule has 0 saturated carbocycles. The van der Waals surface area contributed by atoms with Crippen molar-refractivity contribution in [3.05, 3.63) is 52.4 Å². The van der Waals surface area contributed by atoms with E-state index in [9.17, 15) is 18.0 Å². The van der Waals surface area contributed by atoms with Gasteiger partial charge in [-0.05, 0) is 37.5 Å². The second-order valence-corrected chi connectivity index (χ2v) is 6.19. The first-order valence-electron chi connectivity index (χ1n) is 8.24. The summed E-state index contributed by atoms with van der Waals surface area (Å²) >= 11 is 0. The maximum Gasteiger partial charge on any atom is 0.416 e. The molecule has 1 atom stereocenters. The van der Waals surface area contributed by atoms with Crippen LogP contribution in [0.25, 0.3) is 22.3 Å². The summed E-state index contributed by atoms with van der Waals surface area (Å²) in [5, 5.41) is 4.65. The first-order chi connectivity index (χ1) is 12.4. The van der Waals surface area contributed by atoms with Crippen molar-refractivity contribution in [2.24, 2.45) is 0 Å². The Morgan fingerprint density at radius 1 is 1.15 bits per heavy atom. The van der Waals surface area contributed by atoms with Crippen molar-refractivity contribution in [3.63, 3.8) is 0 Å². The zero-order chi connectivity index (χ0) is 18.3. The van der Waals surface area contributed by atoms with Gasteiger partial charge in [-0.1, -0.05) is 12.1 Å². The normalized spacial score (nSPS) is 18.3. The predicted molar refractivity (Wildman–Crippen MR) is 87.5 cm³/mol. The van der Waals surface area contributed by atoms with Crippen molar-refractivity contribution in [1.82, 2.24) is 9.78 Å². The van der Waals surface area contributed by atoms with Gasteiger partial charge in [-0.15, -0.1) is 0 Å². The van der Waals surface area contributed by atoms with Crippen molar-refractivity contribution in [2.75, 3.05) is 6.61 Å². The van der Waals surface area contributed by atoms with Crippen LogP contribution in [-0.2, 0) is 10.9 Å². The molecule has 1 fully saturated rings. The minimum atomic E-state index is -4.40. The Balaban J connectivity index is 1.71. The van der Waals surface area contributed by atoms with Crippen LogP contribution in [0, 0.1) is 0 Å². The van der Waals surface area contributed by atoms with Crippen molar-refractivity contribution in [3.8, 4) is 11.3 Å². The fourth-order valence-corrected chi connectivity index (χ4v) is 3.04.